The fourth-order valence-electron chi connectivity index (χ4n) is 1.36. The van der Waals surface area contributed by atoms with E-state index in [4.69, 9.17) is 4.74 Å². The van der Waals surface area contributed by atoms with Crippen molar-refractivity contribution in [1.82, 2.24) is 5.32 Å². The Morgan fingerprint density at radius 1 is 1.29 bits per heavy atom. The molecule has 2 N–H and O–H groups in total. The lowest BCUT2D eigenvalue weighted by atomic mass is 9.98. The highest BCUT2D eigenvalue weighted by molar-refractivity contribution is 4.78. The number of nitrogens with one attached hydrogen (secondary N) is 1. The number of hydrogen-bond donors (Lipinski definition) is 2. The van der Waals surface area contributed by atoms with Gasteiger partial charge in [0.05, 0.1) is 12.7 Å². The number of ether oxygens (including phenoxy) is 1. The Morgan fingerprint density at radius 3 is 2.21 bits per heavy atom. The van der Waals surface area contributed by atoms with Crippen LogP contribution in [0, 0.1) is 5.92 Å². The van der Waals surface area contributed by atoms with Crippen LogP contribution in [0.1, 0.15) is 34.1 Å². The van der Waals surface area contributed by atoms with E-state index >= 15 is 0 Å². The quantitative estimate of drug-likeness (QED) is 0.657. The Bertz CT molecular complexity index is 141. The minimum Gasteiger partial charge on any atom is -0.395 e. The van der Waals surface area contributed by atoms with Crippen molar-refractivity contribution in [2.45, 2.75) is 52.3 Å². The molecule has 14 heavy (non-hydrogen) atoms. The van der Waals surface area contributed by atoms with Crippen LogP contribution < -0.4 is 5.32 Å². The minimum atomic E-state index is 0.174. The fraction of sp³-hybridized carbons (Fsp3) is 1.00. The van der Waals surface area contributed by atoms with Crippen LogP contribution in [-0.4, -0.2) is 37.0 Å². The van der Waals surface area contributed by atoms with Crippen molar-refractivity contribution >= 4 is 0 Å². The van der Waals surface area contributed by atoms with Gasteiger partial charge in [0.25, 0.3) is 0 Å². The average Bonchev–Trinajstić information content (AvgIpc) is 2.22. The smallest absolute Gasteiger partial charge is 0.0693 e. The first-order chi connectivity index (χ1) is 6.56. The third-order valence-corrected chi connectivity index (χ3v) is 3.08. The first-order valence-corrected chi connectivity index (χ1v) is 5.46. The highest BCUT2D eigenvalue weighted by Crippen LogP contribution is 2.09. The van der Waals surface area contributed by atoms with Crippen LogP contribution in [0.3, 0.4) is 0 Å². The van der Waals surface area contributed by atoms with E-state index in [0.717, 1.165) is 6.42 Å². The van der Waals surface area contributed by atoms with Gasteiger partial charge in [0.1, 0.15) is 0 Å². The van der Waals surface area contributed by atoms with Gasteiger partial charge in [-0.1, -0.05) is 20.3 Å². The molecule has 4 atom stereocenters. The molecule has 0 aliphatic carbocycles. The predicted octanol–water partition coefficient (Wildman–Crippen LogP) is 1.41. The molecule has 0 aliphatic heterocycles. The normalized spacial score (nSPS) is 20.1. The van der Waals surface area contributed by atoms with Gasteiger partial charge in [-0.25, -0.2) is 0 Å². The molecule has 0 amide bonds. The van der Waals surface area contributed by atoms with Crippen LogP contribution in [0.5, 0.6) is 0 Å². The monoisotopic (exact) mass is 203 g/mol. The molecule has 0 fully saturated rings. The summed E-state index contributed by atoms with van der Waals surface area (Å²) >= 11 is 0. The summed E-state index contributed by atoms with van der Waals surface area (Å²) in [6.45, 7) is 8.59. The fourth-order valence-corrected chi connectivity index (χ4v) is 1.36. The van der Waals surface area contributed by atoms with Crippen molar-refractivity contribution < 1.29 is 9.84 Å². The number of hydrogen-bond acceptors (Lipinski definition) is 3. The molecular weight excluding hydrogens is 178 g/mol. The zero-order chi connectivity index (χ0) is 11.1. The summed E-state index contributed by atoms with van der Waals surface area (Å²) in [6, 6.07) is 0.443. The van der Waals surface area contributed by atoms with E-state index < -0.39 is 0 Å². The summed E-state index contributed by atoms with van der Waals surface area (Å²) in [6.07, 6.45) is 1.25. The van der Waals surface area contributed by atoms with E-state index in [1.165, 1.54) is 0 Å². The van der Waals surface area contributed by atoms with Gasteiger partial charge >= 0.3 is 0 Å². The number of methoxy groups -OCH3 is 1. The van der Waals surface area contributed by atoms with Crippen LogP contribution in [-0.2, 0) is 4.74 Å². The molecule has 0 radical (unpaired) electrons. The molecule has 0 aromatic rings. The van der Waals surface area contributed by atoms with Crippen molar-refractivity contribution in [3.8, 4) is 0 Å². The maximum absolute atomic E-state index is 9.23. The van der Waals surface area contributed by atoms with Crippen LogP contribution >= 0.6 is 0 Å². The molecule has 0 bridgehead atoms. The van der Waals surface area contributed by atoms with Crippen LogP contribution in [0.2, 0.25) is 0 Å². The molecule has 3 nitrogen and oxygen atoms in total. The molecule has 0 rings (SSSR count). The van der Waals surface area contributed by atoms with Gasteiger partial charge in [0.15, 0.2) is 0 Å². The zero-order valence-corrected chi connectivity index (χ0v) is 10.1. The van der Waals surface area contributed by atoms with Crippen molar-refractivity contribution in [2.75, 3.05) is 13.7 Å². The molecule has 0 saturated heterocycles. The topological polar surface area (TPSA) is 41.5 Å². The Balaban J connectivity index is 4.03. The van der Waals surface area contributed by atoms with E-state index in [-0.39, 0.29) is 24.8 Å². The number of aliphatic hydroxyl groups is 1. The van der Waals surface area contributed by atoms with Crippen molar-refractivity contribution in [1.29, 1.82) is 0 Å². The SMILES string of the molecule is CCC(C)C(CO)NC(C)C(C)OC. The van der Waals surface area contributed by atoms with Gasteiger partial charge in [0.2, 0.25) is 0 Å². The largest absolute Gasteiger partial charge is 0.395 e. The van der Waals surface area contributed by atoms with Crippen molar-refractivity contribution in [3.05, 3.63) is 0 Å². The Hall–Kier alpha value is -0.120. The summed E-state index contributed by atoms with van der Waals surface area (Å²) in [5.41, 5.74) is 0. The van der Waals surface area contributed by atoms with Crippen molar-refractivity contribution in [3.63, 3.8) is 0 Å². The van der Waals surface area contributed by atoms with Gasteiger partial charge < -0.3 is 15.2 Å². The first kappa shape index (κ1) is 13.9. The second kappa shape index (κ2) is 7.21. The van der Waals surface area contributed by atoms with Gasteiger partial charge in [-0.3, -0.25) is 0 Å². The van der Waals surface area contributed by atoms with E-state index in [1.807, 2.05) is 6.92 Å². The standard InChI is InChI=1S/C11H25NO2/c1-6-8(2)11(7-13)12-9(3)10(4)14-5/h8-13H,6-7H2,1-5H3. The van der Waals surface area contributed by atoms with Gasteiger partial charge in [-0.05, 0) is 19.8 Å². The lowest BCUT2D eigenvalue weighted by molar-refractivity contribution is 0.0740. The molecule has 3 heteroatoms. The van der Waals surface area contributed by atoms with Crippen LogP contribution in [0.15, 0.2) is 0 Å². The summed E-state index contributed by atoms with van der Waals surface area (Å²) < 4.78 is 5.23. The molecule has 0 saturated carbocycles. The summed E-state index contributed by atoms with van der Waals surface area (Å²) in [5, 5.41) is 12.6. The number of aliphatic hydroxyl groups excluding tert-OH is 1. The third kappa shape index (κ3) is 4.40. The summed E-state index contributed by atoms with van der Waals surface area (Å²) in [4.78, 5) is 0. The number of rotatable bonds is 7. The zero-order valence-electron chi connectivity index (χ0n) is 10.1. The lowest BCUT2D eigenvalue weighted by Gasteiger charge is -2.28. The second-order valence-corrected chi connectivity index (χ2v) is 4.07. The molecule has 0 aliphatic rings. The lowest BCUT2D eigenvalue weighted by Crippen LogP contribution is -2.47. The highest BCUT2D eigenvalue weighted by atomic mass is 16.5. The van der Waals surface area contributed by atoms with E-state index in [0.29, 0.717) is 5.92 Å². The predicted molar refractivity (Wildman–Crippen MR) is 59.4 cm³/mol. The highest BCUT2D eigenvalue weighted by Gasteiger charge is 2.19. The van der Waals surface area contributed by atoms with Crippen molar-refractivity contribution in [2.24, 2.45) is 5.92 Å². The van der Waals surface area contributed by atoms with E-state index in [2.05, 4.69) is 26.1 Å². The second-order valence-electron chi connectivity index (χ2n) is 4.07. The molecule has 0 aromatic heterocycles. The Kier molecular flexibility index (Phi) is 7.15. The van der Waals surface area contributed by atoms with Gasteiger partial charge in [-0.2, -0.15) is 0 Å². The van der Waals surface area contributed by atoms with E-state index in [1.54, 1.807) is 7.11 Å². The van der Waals surface area contributed by atoms with Crippen LogP contribution in [0.25, 0.3) is 0 Å². The molecule has 0 spiro atoms. The van der Waals surface area contributed by atoms with Gasteiger partial charge in [-0.15, -0.1) is 0 Å². The first-order valence-electron chi connectivity index (χ1n) is 5.46. The maximum atomic E-state index is 9.23. The van der Waals surface area contributed by atoms with E-state index in [9.17, 15) is 5.11 Å². The molecule has 0 aromatic carbocycles. The third-order valence-electron chi connectivity index (χ3n) is 3.08. The Labute approximate surface area is 87.8 Å². The molecule has 4 unspecified atom stereocenters. The summed E-state index contributed by atoms with van der Waals surface area (Å²) in [7, 11) is 1.71. The Morgan fingerprint density at radius 2 is 1.86 bits per heavy atom. The van der Waals surface area contributed by atoms with Gasteiger partial charge in [0, 0.05) is 19.2 Å². The molecule has 0 heterocycles. The maximum Gasteiger partial charge on any atom is 0.0693 e. The minimum absolute atomic E-state index is 0.174. The van der Waals surface area contributed by atoms with Crippen LogP contribution in [0.4, 0.5) is 0 Å². The average molecular weight is 203 g/mol. The summed E-state index contributed by atoms with van der Waals surface area (Å²) in [5.74, 6) is 0.492. The molecular formula is C11H25NO2. The molecule has 86 valence electrons.